The molecule has 1 unspecified atom stereocenters. The number of nitriles is 1. The Morgan fingerprint density at radius 3 is 2.31 bits per heavy atom. The summed E-state index contributed by atoms with van der Waals surface area (Å²) in [6, 6.07) is 17.0. The van der Waals surface area contributed by atoms with Crippen LogP contribution in [0.3, 0.4) is 0 Å². The van der Waals surface area contributed by atoms with E-state index in [9.17, 15) is 29.9 Å². The second-order valence-electron chi connectivity index (χ2n) is 7.88. The minimum Gasteiger partial charge on any atom is -0.507 e. The molecule has 0 saturated carbocycles. The molecular weight excluding hydrogens is 450 g/mol. The van der Waals surface area contributed by atoms with E-state index < -0.39 is 39.9 Å². The molecule has 1 aliphatic rings. The molecule has 0 bridgehead atoms. The van der Waals surface area contributed by atoms with Gasteiger partial charge in [-0.15, -0.1) is 0 Å². The fourth-order valence-electron chi connectivity index (χ4n) is 4.02. The minimum absolute atomic E-state index is 0.143. The zero-order valence-corrected chi connectivity index (χ0v) is 18.5. The van der Waals surface area contributed by atoms with Crippen molar-refractivity contribution in [2.45, 2.75) is 19.4 Å². The third-order valence-corrected chi connectivity index (χ3v) is 5.87. The van der Waals surface area contributed by atoms with E-state index in [0.717, 1.165) is 29.0 Å². The lowest BCUT2D eigenvalue weighted by molar-refractivity contribution is -0.385. The van der Waals surface area contributed by atoms with Crippen molar-refractivity contribution in [2.75, 3.05) is 4.90 Å². The molecule has 1 saturated heterocycles. The Labute approximate surface area is 199 Å². The van der Waals surface area contributed by atoms with Crippen LogP contribution >= 0.6 is 0 Å². The highest BCUT2D eigenvalue weighted by atomic mass is 16.6. The Balaban J connectivity index is 1.96. The number of Topliss-reactive ketones (excluding diaryl/α,β-unsaturated/α-hetero) is 1. The fourth-order valence-corrected chi connectivity index (χ4v) is 4.02. The second kappa shape index (κ2) is 9.11. The summed E-state index contributed by atoms with van der Waals surface area (Å²) in [4.78, 5) is 38.1. The van der Waals surface area contributed by atoms with Crippen molar-refractivity contribution in [3.8, 4) is 11.8 Å². The van der Waals surface area contributed by atoms with Crippen LogP contribution in [0.1, 0.15) is 35.2 Å². The summed E-state index contributed by atoms with van der Waals surface area (Å²) in [5.41, 5.74) is 1.18. The van der Waals surface area contributed by atoms with Gasteiger partial charge in [0, 0.05) is 17.3 Å². The molecule has 0 aromatic heterocycles. The van der Waals surface area contributed by atoms with Crippen LogP contribution < -0.4 is 4.90 Å². The quantitative estimate of drug-likeness (QED) is 0.186. The number of ketones is 1. The number of carbonyl (C=O) groups excluding carboxylic acids is 2. The number of amides is 1. The molecule has 0 radical (unpaired) electrons. The van der Waals surface area contributed by atoms with Gasteiger partial charge < -0.3 is 10.2 Å². The number of hydrogen-bond acceptors (Lipinski definition) is 7. The number of phenolic OH excluding ortho intramolecular Hbond substituents is 1. The Kier molecular flexibility index (Phi) is 6.04. The van der Waals surface area contributed by atoms with Crippen LogP contribution in [0.2, 0.25) is 0 Å². The van der Waals surface area contributed by atoms with Crippen LogP contribution in [0.15, 0.2) is 72.3 Å². The minimum atomic E-state index is -1.21. The van der Waals surface area contributed by atoms with Crippen molar-refractivity contribution in [3.63, 3.8) is 0 Å². The predicted molar refractivity (Wildman–Crippen MR) is 127 cm³/mol. The smallest absolute Gasteiger partial charge is 0.311 e. The largest absolute Gasteiger partial charge is 0.507 e. The van der Waals surface area contributed by atoms with Crippen LogP contribution in [-0.2, 0) is 16.0 Å². The Morgan fingerprint density at radius 2 is 1.74 bits per heavy atom. The Bertz CT molecular complexity index is 1420. The van der Waals surface area contributed by atoms with Crippen molar-refractivity contribution >= 4 is 28.8 Å². The van der Waals surface area contributed by atoms with E-state index in [4.69, 9.17) is 5.26 Å². The first kappa shape index (κ1) is 23.2. The molecule has 1 aliphatic heterocycles. The van der Waals surface area contributed by atoms with Crippen LogP contribution in [-0.4, -0.2) is 26.8 Å². The number of anilines is 1. The van der Waals surface area contributed by atoms with Gasteiger partial charge in [-0.2, -0.15) is 5.26 Å². The fraction of sp³-hybridized carbons (Fsp3) is 0.115. The summed E-state index contributed by atoms with van der Waals surface area (Å²) in [5, 5.41) is 41.6. The maximum atomic E-state index is 13.2. The molecule has 1 heterocycles. The standard InChI is InChI=1S/C26H19N3O6/c1-2-15-3-7-17(8-4-15)24(31)22-23(18-9-12-21(30)20(13-18)29(34)35)28(26(33)25(22)32)19-10-5-16(14-27)6-11-19/h3-13,23,30-31H,2H2,1H3/b24-22-. The van der Waals surface area contributed by atoms with E-state index in [2.05, 4.69) is 0 Å². The molecule has 9 nitrogen and oxygen atoms in total. The molecule has 9 heteroatoms. The molecule has 2 N–H and O–H groups in total. The van der Waals surface area contributed by atoms with Gasteiger partial charge in [-0.1, -0.05) is 37.3 Å². The molecule has 1 fully saturated rings. The Hall–Kier alpha value is -4.97. The van der Waals surface area contributed by atoms with Gasteiger partial charge in [0.15, 0.2) is 5.75 Å². The highest BCUT2D eigenvalue weighted by molar-refractivity contribution is 6.51. The number of rotatable bonds is 5. The number of aliphatic hydroxyl groups is 1. The summed E-state index contributed by atoms with van der Waals surface area (Å²) in [6.45, 7) is 1.97. The maximum absolute atomic E-state index is 13.2. The van der Waals surface area contributed by atoms with Gasteiger partial charge >= 0.3 is 5.69 Å². The number of phenols is 1. The first-order valence-corrected chi connectivity index (χ1v) is 10.6. The van der Waals surface area contributed by atoms with Crippen molar-refractivity contribution in [3.05, 3.63) is 105 Å². The van der Waals surface area contributed by atoms with E-state index in [1.165, 1.54) is 30.3 Å². The maximum Gasteiger partial charge on any atom is 0.311 e. The van der Waals surface area contributed by atoms with Gasteiger partial charge in [0.1, 0.15) is 5.76 Å². The lowest BCUT2D eigenvalue weighted by Gasteiger charge is -2.25. The zero-order valence-electron chi connectivity index (χ0n) is 18.5. The van der Waals surface area contributed by atoms with Crippen molar-refractivity contribution in [1.82, 2.24) is 0 Å². The molecule has 174 valence electrons. The monoisotopic (exact) mass is 469 g/mol. The number of aliphatic hydroxyl groups excluding tert-OH is 1. The van der Waals surface area contributed by atoms with E-state index in [1.54, 1.807) is 24.3 Å². The molecule has 3 aromatic carbocycles. The lowest BCUT2D eigenvalue weighted by atomic mass is 9.94. The number of benzene rings is 3. The topological polar surface area (TPSA) is 145 Å². The highest BCUT2D eigenvalue weighted by Crippen LogP contribution is 2.44. The van der Waals surface area contributed by atoms with Crippen molar-refractivity contribution in [2.24, 2.45) is 0 Å². The molecule has 1 atom stereocenters. The van der Waals surface area contributed by atoms with Crippen molar-refractivity contribution < 1.29 is 24.7 Å². The number of carbonyl (C=O) groups is 2. The van der Waals surface area contributed by atoms with Gasteiger partial charge in [0.2, 0.25) is 0 Å². The number of hydrogen-bond donors (Lipinski definition) is 2. The van der Waals surface area contributed by atoms with E-state index in [1.807, 2.05) is 13.0 Å². The molecule has 1 amide bonds. The molecule has 0 aliphatic carbocycles. The number of nitrogens with zero attached hydrogens (tertiary/aromatic N) is 3. The summed E-state index contributed by atoms with van der Waals surface area (Å²) in [7, 11) is 0. The number of aryl methyl sites for hydroxylation is 1. The summed E-state index contributed by atoms with van der Waals surface area (Å²) < 4.78 is 0. The van der Waals surface area contributed by atoms with E-state index in [0.29, 0.717) is 11.1 Å². The number of nitro groups is 1. The molecule has 4 rings (SSSR count). The number of nitro benzene ring substituents is 1. The van der Waals surface area contributed by atoms with Gasteiger partial charge in [0.05, 0.1) is 28.2 Å². The molecule has 0 spiro atoms. The number of aromatic hydroxyl groups is 1. The predicted octanol–water partition coefficient (Wildman–Crippen LogP) is 4.36. The first-order chi connectivity index (χ1) is 16.8. The van der Waals surface area contributed by atoms with Gasteiger partial charge in [-0.3, -0.25) is 24.6 Å². The van der Waals surface area contributed by atoms with Gasteiger partial charge in [-0.25, -0.2) is 0 Å². The second-order valence-corrected chi connectivity index (χ2v) is 7.88. The van der Waals surface area contributed by atoms with Gasteiger partial charge in [0.25, 0.3) is 11.7 Å². The Morgan fingerprint density at radius 1 is 1.09 bits per heavy atom. The average Bonchev–Trinajstić information content (AvgIpc) is 3.14. The zero-order chi connectivity index (χ0) is 25.3. The first-order valence-electron chi connectivity index (χ1n) is 10.6. The third-order valence-electron chi connectivity index (χ3n) is 5.87. The highest BCUT2D eigenvalue weighted by Gasteiger charge is 2.47. The van der Waals surface area contributed by atoms with Crippen LogP contribution in [0.25, 0.3) is 5.76 Å². The van der Waals surface area contributed by atoms with Crippen LogP contribution in [0.4, 0.5) is 11.4 Å². The van der Waals surface area contributed by atoms with E-state index in [-0.39, 0.29) is 16.8 Å². The summed E-state index contributed by atoms with van der Waals surface area (Å²) >= 11 is 0. The SMILES string of the molecule is CCc1ccc(/C(O)=C2/C(=O)C(=O)N(c3ccc(C#N)cc3)C2c2ccc(O)c([N+](=O)[O-])c2)cc1. The summed E-state index contributed by atoms with van der Waals surface area (Å²) in [5.74, 6) is -2.92. The molecular formula is C26H19N3O6. The normalized spacial score (nSPS) is 16.8. The van der Waals surface area contributed by atoms with E-state index >= 15 is 0 Å². The van der Waals surface area contributed by atoms with Crippen LogP contribution in [0.5, 0.6) is 5.75 Å². The average molecular weight is 469 g/mol. The molecule has 3 aromatic rings. The van der Waals surface area contributed by atoms with Crippen LogP contribution in [0, 0.1) is 21.4 Å². The lowest BCUT2D eigenvalue weighted by Crippen LogP contribution is -2.29. The van der Waals surface area contributed by atoms with Gasteiger partial charge in [-0.05, 0) is 47.9 Å². The third kappa shape index (κ3) is 4.09. The summed E-state index contributed by atoms with van der Waals surface area (Å²) in [6.07, 6.45) is 0.765. The van der Waals surface area contributed by atoms with Crippen molar-refractivity contribution in [1.29, 1.82) is 5.26 Å². The molecule has 35 heavy (non-hydrogen) atoms.